The summed E-state index contributed by atoms with van der Waals surface area (Å²) in [5, 5.41) is 14.6. The van der Waals surface area contributed by atoms with Gasteiger partial charge in [0.25, 0.3) is 17.0 Å². The van der Waals surface area contributed by atoms with Gasteiger partial charge in [-0.25, -0.2) is 13.3 Å². The highest BCUT2D eigenvalue weighted by molar-refractivity contribution is 7.85. The van der Waals surface area contributed by atoms with Crippen molar-refractivity contribution in [1.82, 2.24) is 19.8 Å². The van der Waals surface area contributed by atoms with Gasteiger partial charge in [-0.05, 0) is 106 Å². The number of halogens is 3. The fourth-order valence-electron chi connectivity index (χ4n) is 9.29. The molecule has 2 heterocycles. The summed E-state index contributed by atoms with van der Waals surface area (Å²) >= 11 is 0. The molecule has 2 amide bonds. The second-order valence-electron chi connectivity index (χ2n) is 21.1. The van der Waals surface area contributed by atoms with Gasteiger partial charge in [0.2, 0.25) is 5.91 Å². The summed E-state index contributed by atoms with van der Waals surface area (Å²) in [5.41, 5.74) is -0.496. The molecule has 6 rings (SSSR count). The lowest BCUT2D eigenvalue weighted by Crippen LogP contribution is -2.35. The van der Waals surface area contributed by atoms with E-state index in [1.165, 1.54) is 54.0 Å². The summed E-state index contributed by atoms with van der Waals surface area (Å²) in [5.74, 6) is -1.57. The van der Waals surface area contributed by atoms with Crippen molar-refractivity contribution < 1.29 is 78.7 Å². The van der Waals surface area contributed by atoms with Crippen molar-refractivity contribution in [3.63, 3.8) is 0 Å². The van der Waals surface area contributed by atoms with Crippen LogP contribution in [0.3, 0.4) is 0 Å². The van der Waals surface area contributed by atoms with E-state index < -0.39 is 56.1 Å². The monoisotopic (exact) mass is 1350 g/mol. The normalized spacial score (nSPS) is 12.0. The van der Waals surface area contributed by atoms with Gasteiger partial charge in [0.05, 0.1) is 153 Å². The van der Waals surface area contributed by atoms with Crippen LogP contribution >= 0.6 is 0 Å². The molecule has 6 aromatic rings. The number of hydrogen-bond donors (Lipinski definition) is 2. The zero-order valence-corrected chi connectivity index (χ0v) is 54.8. The lowest BCUT2D eigenvalue weighted by atomic mass is 10.1. The molecule has 95 heavy (non-hydrogen) atoms. The van der Waals surface area contributed by atoms with E-state index in [0.29, 0.717) is 67.0 Å². The molecule has 2 N–H and O–H groups in total. The van der Waals surface area contributed by atoms with Gasteiger partial charge in [-0.1, -0.05) is 42.5 Å². The summed E-state index contributed by atoms with van der Waals surface area (Å²) in [6.45, 7) is 16.8. The maximum absolute atomic E-state index is 13.8. The Morgan fingerprint density at radius 1 is 0.537 bits per heavy atom. The van der Waals surface area contributed by atoms with E-state index >= 15 is 0 Å². The number of ketones is 2. The number of nitriles is 1. The van der Waals surface area contributed by atoms with Crippen LogP contribution in [-0.2, 0) is 75.3 Å². The predicted octanol–water partition coefficient (Wildman–Crippen LogP) is 8.46. The van der Waals surface area contributed by atoms with Crippen LogP contribution in [0.15, 0.2) is 138 Å². The second-order valence-corrected chi connectivity index (χ2v) is 24.0. The molecule has 2 unspecified atom stereocenters. The summed E-state index contributed by atoms with van der Waals surface area (Å²) in [6.07, 6.45) is -3.70. The Balaban J connectivity index is 0.714. The molecule has 0 spiro atoms. The van der Waals surface area contributed by atoms with Crippen LogP contribution in [-0.4, -0.2) is 160 Å². The van der Waals surface area contributed by atoms with E-state index in [9.17, 15) is 55.6 Å². The minimum absolute atomic E-state index is 0.0471. The molecule has 2 atom stereocenters. The SMILES string of the molecule is [C-]#[N+]c1ccc(S(=O)c2cc(C(=O)CCCOCCOCCOCCOCCNC(=O)CCC(=O)CCCOCCOCCOCCOCCNC(=O)c3cc(S(=O)c4ccc(C#N)cc4)c(C)n(-c4cccc(C)c4)c3=O)c(=O)n(-c3cccc(C(F)(F)F)c3)c2C)cc1. The third-order valence-corrected chi connectivity index (χ3v) is 17.2. The van der Waals surface area contributed by atoms with Crippen molar-refractivity contribution in [3.8, 4) is 17.4 Å². The van der Waals surface area contributed by atoms with Gasteiger partial charge < -0.3 is 48.5 Å². The topological polar surface area (TPSA) is 272 Å². The van der Waals surface area contributed by atoms with Crippen molar-refractivity contribution >= 4 is 50.7 Å². The number of aryl methyl sites for hydroxylation is 1. The number of aromatic nitrogens is 2. The number of carbonyl (C=O) groups excluding carboxylic acids is 4. The summed E-state index contributed by atoms with van der Waals surface area (Å²) in [6, 6.07) is 28.0. The van der Waals surface area contributed by atoms with Crippen LogP contribution in [0.5, 0.6) is 0 Å². The lowest BCUT2D eigenvalue weighted by molar-refractivity contribution is -0.137. The number of alkyl halides is 3. The molecule has 4 aromatic carbocycles. The van der Waals surface area contributed by atoms with Crippen LogP contribution in [0.25, 0.3) is 16.2 Å². The molecule has 0 aliphatic rings. The highest BCUT2D eigenvalue weighted by Crippen LogP contribution is 2.32. The van der Waals surface area contributed by atoms with Crippen molar-refractivity contribution in [2.24, 2.45) is 0 Å². The first-order chi connectivity index (χ1) is 45.8. The summed E-state index contributed by atoms with van der Waals surface area (Å²) in [4.78, 5) is 83.3. The number of benzene rings is 4. The number of rotatable bonds is 43. The second kappa shape index (κ2) is 40.3. The molecule has 27 heteroatoms. The largest absolute Gasteiger partial charge is 0.416 e. The summed E-state index contributed by atoms with van der Waals surface area (Å²) < 4.78 is 115. The predicted molar refractivity (Wildman–Crippen MR) is 345 cm³/mol. The molecule has 0 fully saturated rings. The highest BCUT2D eigenvalue weighted by Gasteiger charge is 2.31. The Kier molecular flexibility index (Phi) is 32.1. The number of pyridine rings is 2. The third-order valence-electron chi connectivity index (χ3n) is 14.2. The average Bonchev–Trinajstić information content (AvgIpc) is 0.777. The van der Waals surface area contributed by atoms with Crippen molar-refractivity contribution in [2.75, 3.05) is 119 Å². The third kappa shape index (κ3) is 24.5. The Labute approximate surface area is 553 Å². The minimum atomic E-state index is -4.71. The number of nitrogens with zero attached hydrogens (tertiary/aromatic N) is 4. The van der Waals surface area contributed by atoms with Crippen LogP contribution in [0.2, 0.25) is 0 Å². The molecule has 2 aromatic heterocycles. The van der Waals surface area contributed by atoms with Gasteiger partial charge in [-0.15, -0.1) is 0 Å². The molecule has 0 aliphatic carbocycles. The van der Waals surface area contributed by atoms with Crippen LogP contribution < -0.4 is 21.8 Å². The molecule has 0 saturated heterocycles. The van der Waals surface area contributed by atoms with Crippen molar-refractivity contribution in [3.05, 3.63) is 181 Å². The first-order valence-corrected chi connectivity index (χ1v) is 32.9. The van der Waals surface area contributed by atoms with E-state index in [4.69, 9.17) is 44.5 Å². The fraction of sp³-hybridized carbons (Fsp3) is 0.412. The smallest absolute Gasteiger partial charge is 0.379 e. The molecule has 22 nitrogen and oxygen atoms in total. The molecular formula is C68H77F3N6O16S2. The van der Waals surface area contributed by atoms with E-state index in [0.717, 1.165) is 28.3 Å². The number of nitrogens with one attached hydrogen (secondary N) is 2. The van der Waals surface area contributed by atoms with Gasteiger partial charge in [0, 0.05) is 84.5 Å². The molecule has 508 valence electrons. The van der Waals surface area contributed by atoms with Gasteiger partial charge in [-0.3, -0.25) is 37.9 Å². The molecule has 0 saturated carbocycles. The van der Waals surface area contributed by atoms with E-state index in [-0.39, 0.29) is 167 Å². The first kappa shape index (κ1) is 75.8. The molecule has 0 aliphatic heterocycles. The number of Topliss-reactive ketones (excluding diaryl/α,β-unsaturated/α-hetero) is 2. The Morgan fingerprint density at radius 2 is 0.979 bits per heavy atom. The summed E-state index contributed by atoms with van der Waals surface area (Å²) in [7, 11) is -3.74. The zero-order chi connectivity index (χ0) is 68.5. The van der Waals surface area contributed by atoms with Crippen LogP contribution in [0.4, 0.5) is 18.9 Å². The number of amides is 2. The Hall–Kier alpha value is -8.19. The Bertz CT molecular complexity index is 3790. The molecule has 0 radical (unpaired) electrons. The standard InChI is InChI=1S/C68H77F3N6O16S2/c1-48-9-5-11-54(43-48)76-50(3)63(94(84)57-20-15-51(47-72)16-21-57)46-60(67(76)83)65(81)75-26-30-89-34-38-93-42-39-90-35-31-86-27-7-13-56(78)19-24-64(80)74-25-29-88-33-37-92-41-40-91-36-32-87-28-8-14-61(79)59-45-62(95(85)58-22-17-53(73-4)18-23-58)49(2)77(66(59)82)55-12-6-10-52(44-55)68(69,70)71/h5-6,9-12,15-18,20-23,43-46H,7-8,13-14,19,24-42H2,1-3H3,(H,74,80)(H,75,81). The van der Waals surface area contributed by atoms with Crippen LogP contribution in [0.1, 0.15) is 87.3 Å². The van der Waals surface area contributed by atoms with Gasteiger partial charge >= 0.3 is 6.18 Å². The fourth-order valence-corrected chi connectivity index (χ4v) is 11.7. The van der Waals surface area contributed by atoms with Crippen molar-refractivity contribution in [1.29, 1.82) is 5.26 Å². The van der Waals surface area contributed by atoms with Gasteiger partial charge in [0.1, 0.15) is 11.3 Å². The Morgan fingerprint density at radius 3 is 1.47 bits per heavy atom. The first-order valence-electron chi connectivity index (χ1n) is 30.6. The molecule has 0 bridgehead atoms. The number of carbonyl (C=O) groups is 4. The van der Waals surface area contributed by atoms with E-state index in [2.05, 4.69) is 15.5 Å². The van der Waals surface area contributed by atoms with Gasteiger partial charge in [-0.2, -0.15) is 18.4 Å². The zero-order valence-electron chi connectivity index (χ0n) is 53.1. The van der Waals surface area contributed by atoms with E-state index in [1.54, 1.807) is 49.4 Å². The average molecular weight is 1360 g/mol. The maximum Gasteiger partial charge on any atom is 0.416 e. The van der Waals surface area contributed by atoms with E-state index in [1.807, 2.05) is 19.1 Å². The highest BCUT2D eigenvalue weighted by atomic mass is 32.2. The lowest BCUT2D eigenvalue weighted by Gasteiger charge is -2.17. The number of hydrogen-bond acceptors (Lipinski definition) is 17. The number of ether oxygens (including phenoxy) is 8. The maximum atomic E-state index is 13.8. The van der Waals surface area contributed by atoms with Crippen LogP contribution in [0, 0.1) is 38.7 Å². The van der Waals surface area contributed by atoms with Crippen molar-refractivity contribution in [2.45, 2.75) is 85.1 Å². The minimum Gasteiger partial charge on any atom is -0.379 e. The molecular weight excluding hydrogens is 1280 g/mol. The van der Waals surface area contributed by atoms with Gasteiger partial charge in [0.15, 0.2) is 11.5 Å². The quantitative estimate of drug-likeness (QED) is 0.0206.